The first kappa shape index (κ1) is 13.0. The van der Waals surface area contributed by atoms with Gasteiger partial charge in [0, 0.05) is 18.8 Å². The van der Waals surface area contributed by atoms with Crippen LogP contribution in [-0.4, -0.2) is 26.3 Å². The highest BCUT2D eigenvalue weighted by Gasteiger charge is 2.12. The van der Waals surface area contributed by atoms with Crippen molar-refractivity contribution in [2.24, 2.45) is 0 Å². The molecule has 0 spiro atoms. The second kappa shape index (κ2) is 6.54. The van der Waals surface area contributed by atoms with Gasteiger partial charge in [0.1, 0.15) is 0 Å². The molecule has 1 aromatic carbocycles. The van der Waals surface area contributed by atoms with Crippen molar-refractivity contribution < 1.29 is 4.74 Å². The zero-order valence-electron chi connectivity index (χ0n) is 10.9. The largest absolute Gasteiger partial charge is 0.378 e. The Morgan fingerprint density at radius 3 is 2.25 bits per heavy atom. The van der Waals surface area contributed by atoms with Crippen molar-refractivity contribution in [1.29, 1.82) is 0 Å². The monoisotopic (exact) mass is 221 g/mol. The first-order valence-electron chi connectivity index (χ1n) is 6.17. The minimum Gasteiger partial charge on any atom is -0.378 e. The molecular weight excluding hydrogens is 198 g/mol. The normalized spacial score (nSPS) is 15.4. The van der Waals surface area contributed by atoms with E-state index >= 15 is 0 Å². The number of hydrogen-bond acceptors (Lipinski definition) is 2. The number of rotatable bonds is 1. The Balaban J connectivity index is 0.000000606. The molecule has 2 heteroatoms. The Kier molecular flexibility index (Phi) is 5.33. The molecular formula is C14H23NO. The number of ether oxygens (including phenoxy) is 1. The van der Waals surface area contributed by atoms with Crippen LogP contribution < -0.4 is 4.90 Å². The van der Waals surface area contributed by atoms with E-state index in [9.17, 15) is 0 Å². The SMILES string of the molecule is CC.Cc1ccc(N2CCOCC2)c(C)c1. The molecule has 2 rings (SSSR count). The number of aryl methyl sites for hydroxylation is 2. The lowest BCUT2D eigenvalue weighted by molar-refractivity contribution is 0.122. The van der Waals surface area contributed by atoms with Crippen LogP contribution in [0.3, 0.4) is 0 Å². The predicted octanol–water partition coefficient (Wildman–Crippen LogP) is 3.17. The summed E-state index contributed by atoms with van der Waals surface area (Å²) < 4.78 is 5.34. The van der Waals surface area contributed by atoms with Crippen molar-refractivity contribution in [2.75, 3.05) is 31.2 Å². The molecule has 16 heavy (non-hydrogen) atoms. The van der Waals surface area contributed by atoms with Crippen LogP contribution in [0.5, 0.6) is 0 Å². The van der Waals surface area contributed by atoms with Crippen LogP contribution in [0.4, 0.5) is 5.69 Å². The van der Waals surface area contributed by atoms with Gasteiger partial charge < -0.3 is 9.64 Å². The molecule has 0 aromatic heterocycles. The maximum Gasteiger partial charge on any atom is 0.0642 e. The van der Waals surface area contributed by atoms with E-state index < -0.39 is 0 Å². The maximum atomic E-state index is 5.34. The topological polar surface area (TPSA) is 12.5 Å². The summed E-state index contributed by atoms with van der Waals surface area (Å²) in [5.74, 6) is 0. The zero-order valence-corrected chi connectivity index (χ0v) is 10.9. The average molecular weight is 221 g/mol. The van der Waals surface area contributed by atoms with Gasteiger partial charge in [0.05, 0.1) is 13.2 Å². The summed E-state index contributed by atoms with van der Waals surface area (Å²) in [5.41, 5.74) is 4.06. The van der Waals surface area contributed by atoms with Gasteiger partial charge in [-0.2, -0.15) is 0 Å². The lowest BCUT2D eigenvalue weighted by atomic mass is 10.1. The van der Waals surface area contributed by atoms with E-state index in [-0.39, 0.29) is 0 Å². The summed E-state index contributed by atoms with van der Waals surface area (Å²) in [7, 11) is 0. The molecule has 90 valence electrons. The van der Waals surface area contributed by atoms with Crippen LogP contribution in [0.15, 0.2) is 18.2 Å². The van der Waals surface area contributed by atoms with Gasteiger partial charge in [0.15, 0.2) is 0 Å². The van der Waals surface area contributed by atoms with E-state index in [0.717, 1.165) is 26.3 Å². The van der Waals surface area contributed by atoms with Crippen LogP contribution in [-0.2, 0) is 4.74 Å². The molecule has 1 aromatic rings. The maximum absolute atomic E-state index is 5.34. The lowest BCUT2D eigenvalue weighted by Crippen LogP contribution is -2.36. The molecule has 0 bridgehead atoms. The van der Waals surface area contributed by atoms with Gasteiger partial charge in [-0.05, 0) is 25.5 Å². The van der Waals surface area contributed by atoms with E-state index in [1.165, 1.54) is 16.8 Å². The highest BCUT2D eigenvalue weighted by Crippen LogP contribution is 2.21. The molecule has 0 radical (unpaired) electrons. The van der Waals surface area contributed by atoms with Gasteiger partial charge in [-0.15, -0.1) is 0 Å². The van der Waals surface area contributed by atoms with Crippen LogP contribution in [0, 0.1) is 13.8 Å². The molecule has 1 saturated heterocycles. The molecule has 2 nitrogen and oxygen atoms in total. The van der Waals surface area contributed by atoms with Gasteiger partial charge in [0.25, 0.3) is 0 Å². The number of nitrogens with zero attached hydrogens (tertiary/aromatic N) is 1. The third kappa shape index (κ3) is 3.24. The van der Waals surface area contributed by atoms with E-state index in [1.807, 2.05) is 13.8 Å². The summed E-state index contributed by atoms with van der Waals surface area (Å²) >= 11 is 0. The molecule has 0 N–H and O–H groups in total. The van der Waals surface area contributed by atoms with Gasteiger partial charge >= 0.3 is 0 Å². The molecule has 0 unspecified atom stereocenters. The fourth-order valence-corrected chi connectivity index (χ4v) is 1.96. The predicted molar refractivity (Wildman–Crippen MR) is 70.3 cm³/mol. The quantitative estimate of drug-likeness (QED) is 0.722. The highest BCUT2D eigenvalue weighted by molar-refractivity contribution is 5.54. The Hall–Kier alpha value is -1.02. The number of morpholine rings is 1. The van der Waals surface area contributed by atoms with Gasteiger partial charge in [-0.1, -0.05) is 31.5 Å². The van der Waals surface area contributed by atoms with Crippen LogP contribution in [0.2, 0.25) is 0 Å². The van der Waals surface area contributed by atoms with E-state index in [0.29, 0.717) is 0 Å². The summed E-state index contributed by atoms with van der Waals surface area (Å²) in [6.45, 7) is 12.1. The van der Waals surface area contributed by atoms with Crippen molar-refractivity contribution in [2.45, 2.75) is 27.7 Å². The lowest BCUT2D eigenvalue weighted by Gasteiger charge is -2.30. The molecule has 1 aliphatic rings. The van der Waals surface area contributed by atoms with Crippen LogP contribution >= 0.6 is 0 Å². The minimum atomic E-state index is 0.854. The van der Waals surface area contributed by atoms with E-state index in [1.54, 1.807) is 0 Å². The van der Waals surface area contributed by atoms with E-state index in [2.05, 4.69) is 36.9 Å². The van der Waals surface area contributed by atoms with Crippen molar-refractivity contribution in [3.8, 4) is 0 Å². The Bertz CT molecular complexity index is 317. The average Bonchev–Trinajstić information content (AvgIpc) is 2.33. The first-order valence-corrected chi connectivity index (χ1v) is 6.17. The Morgan fingerprint density at radius 2 is 1.69 bits per heavy atom. The van der Waals surface area contributed by atoms with Crippen LogP contribution in [0.1, 0.15) is 25.0 Å². The minimum absolute atomic E-state index is 0.854. The van der Waals surface area contributed by atoms with Crippen molar-refractivity contribution in [1.82, 2.24) is 0 Å². The fraction of sp³-hybridized carbons (Fsp3) is 0.571. The van der Waals surface area contributed by atoms with Crippen molar-refractivity contribution >= 4 is 5.69 Å². The Morgan fingerprint density at radius 1 is 1.06 bits per heavy atom. The molecule has 1 heterocycles. The highest BCUT2D eigenvalue weighted by atomic mass is 16.5. The Labute approximate surface area is 99.2 Å². The number of hydrogen-bond donors (Lipinski definition) is 0. The van der Waals surface area contributed by atoms with Gasteiger partial charge in [-0.25, -0.2) is 0 Å². The second-order valence-corrected chi connectivity index (χ2v) is 3.89. The summed E-state index contributed by atoms with van der Waals surface area (Å²) in [6, 6.07) is 6.64. The smallest absolute Gasteiger partial charge is 0.0642 e. The van der Waals surface area contributed by atoms with Crippen molar-refractivity contribution in [3.63, 3.8) is 0 Å². The standard InChI is InChI=1S/C12H17NO.C2H6/c1-10-3-4-12(11(2)9-10)13-5-7-14-8-6-13;1-2/h3-4,9H,5-8H2,1-2H3;1-2H3. The van der Waals surface area contributed by atoms with Gasteiger partial charge in [0.2, 0.25) is 0 Å². The third-order valence-electron chi connectivity index (χ3n) is 2.70. The van der Waals surface area contributed by atoms with E-state index in [4.69, 9.17) is 4.74 Å². The fourth-order valence-electron chi connectivity index (χ4n) is 1.96. The molecule has 1 fully saturated rings. The molecule has 0 amide bonds. The van der Waals surface area contributed by atoms with Crippen molar-refractivity contribution in [3.05, 3.63) is 29.3 Å². The summed E-state index contributed by atoms with van der Waals surface area (Å²) in [5, 5.41) is 0. The first-order chi connectivity index (χ1) is 7.77. The molecule has 0 aliphatic carbocycles. The zero-order chi connectivity index (χ0) is 12.0. The molecule has 0 atom stereocenters. The summed E-state index contributed by atoms with van der Waals surface area (Å²) in [4.78, 5) is 2.40. The second-order valence-electron chi connectivity index (χ2n) is 3.89. The molecule has 0 saturated carbocycles. The number of anilines is 1. The molecule has 1 aliphatic heterocycles. The van der Waals surface area contributed by atoms with Gasteiger partial charge in [-0.3, -0.25) is 0 Å². The third-order valence-corrected chi connectivity index (χ3v) is 2.70. The summed E-state index contributed by atoms with van der Waals surface area (Å²) in [6.07, 6.45) is 0. The number of benzene rings is 1. The van der Waals surface area contributed by atoms with Crippen LogP contribution in [0.25, 0.3) is 0 Å².